The Morgan fingerprint density at radius 1 is 1.22 bits per heavy atom. The maximum atomic E-state index is 13.4. The second-order valence-electron chi connectivity index (χ2n) is 5.98. The van der Waals surface area contributed by atoms with Gasteiger partial charge in [-0.15, -0.1) is 0 Å². The minimum absolute atomic E-state index is 0.0645. The predicted molar refractivity (Wildman–Crippen MR) is 97.1 cm³/mol. The summed E-state index contributed by atoms with van der Waals surface area (Å²) in [7, 11) is -2.88. The molecule has 2 aromatic carbocycles. The molecule has 1 aliphatic heterocycles. The van der Waals surface area contributed by atoms with Crippen molar-refractivity contribution in [1.29, 1.82) is 0 Å². The topological polar surface area (TPSA) is 116 Å². The number of nitrogens with two attached hydrogens (primary N) is 1. The normalized spacial score (nSPS) is 16.2. The quantitative estimate of drug-likeness (QED) is 0.785. The molecule has 2 N–H and O–H groups in total. The summed E-state index contributed by atoms with van der Waals surface area (Å²) in [6.07, 6.45) is -1.13. The third-order valence-electron chi connectivity index (χ3n) is 4.23. The number of ether oxygens (including phenoxy) is 2. The van der Waals surface area contributed by atoms with Crippen LogP contribution < -0.4 is 14.8 Å². The molecular weight excluding hydrogens is 372 g/mol. The van der Waals surface area contributed by atoms with E-state index >= 15 is 0 Å². The molecule has 0 fully saturated rings. The standard InChI is InChI=1S/C18H18N2O6S/c1-11-7-8-12(18(22)25-2)9-16(11)27(23,24)20-10-15(17(19)21)26-14-6-4-3-5-13(14)20/h3-9,15H,10H2,1-2H3,(H2,19,21). The number of nitrogens with zero attached hydrogens (tertiary/aromatic N) is 1. The Balaban J connectivity index is 2.14. The van der Waals surface area contributed by atoms with Gasteiger partial charge in [0, 0.05) is 0 Å². The van der Waals surface area contributed by atoms with Gasteiger partial charge >= 0.3 is 5.97 Å². The van der Waals surface area contributed by atoms with Crippen LogP contribution in [0.1, 0.15) is 15.9 Å². The molecular formula is C18H18N2O6S. The average Bonchev–Trinajstić information content (AvgIpc) is 2.66. The van der Waals surface area contributed by atoms with Crippen molar-refractivity contribution < 1.29 is 27.5 Å². The summed E-state index contributed by atoms with van der Waals surface area (Å²) < 4.78 is 38.0. The molecule has 9 heteroatoms. The van der Waals surface area contributed by atoms with E-state index in [1.54, 1.807) is 31.2 Å². The van der Waals surface area contributed by atoms with Gasteiger partial charge in [0.15, 0.2) is 6.10 Å². The molecule has 8 nitrogen and oxygen atoms in total. The van der Waals surface area contributed by atoms with Gasteiger partial charge in [-0.25, -0.2) is 13.2 Å². The maximum Gasteiger partial charge on any atom is 0.337 e. The Labute approximate surface area is 156 Å². The molecule has 1 amide bonds. The molecule has 142 valence electrons. The number of rotatable bonds is 4. The largest absolute Gasteiger partial charge is 0.476 e. The molecule has 0 aromatic heterocycles. The van der Waals surface area contributed by atoms with Gasteiger partial charge in [0.05, 0.1) is 29.8 Å². The molecule has 0 radical (unpaired) electrons. The first-order chi connectivity index (χ1) is 12.8. The molecule has 0 saturated heterocycles. The molecule has 3 rings (SSSR count). The van der Waals surface area contributed by atoms with E-state index in [1.165, 1.54) is 25.3 Å². The highest BCUT2D eigenvalue weighted by atomic mass is 32.2. The van der Waals surface area contributed by atoms with Crippen molar-refractivity contribution >= 4 is 27.6 Å². The molecule has 1 unspecified atom stereocenters. The number of aryl methyl sites for hydroxylation is 1. The first-order valence-electron chi connectivity index (χ1n) is 8.02. The van der Waals surface area contributed by atoms with Crippen LogP contribution in [0.15, 0.2) is 47.4 Å². The SMILES string of the molecule is COC(=O)c1ccc(C)c(S(=O)(=O)N2CC(C(N)=O)Oc3ccccc32)c1. The van der Waals surface area contributed by atoms with E-state index in [0.717, 1.165) is 4.31 Å². The number of benzene rings is 2. The number of carbonyl (C=O) groups excluding carboxylic acids is 2. The average molecular weight is 390 g/mol. The van der Waals surface area contributed by atoms with E-state index in [2.05, 4.69) is 4.74 Å². The van der Waals surface area contributed by atoms with E-state index in [-0.39, 0.29) is 28.4 Å². The Hall–Kier alpha value is -3.07. The van der Waals surface area contributed by atoms with Gasteiger partial charge in [-0.3, -0.25) is 9.10 Å². The van der Waals surface area contributed by atoms with Gasteiger partial charge < -0.3 is 15.2 Å². The van der Waals surface area contributed by atoms with Crippen molar-refractivity contribution in [3.63, 3.8) is 0 Å². The van der Waals surface area contributed by atoms with Gasteiger partial charge in [0.25, 0.3) is 15.9 Å². The lowest BCUT2D eigenvalue weighted by atomic mass is 10.1. The fourth-order valence-corrected chi connectivity index (χ4v) is 4.55. The third-order valence-corrected chi connectivity index (χ3v) is 6.15. The zero-order valence-electron chi connectivity index (χ0n) is 14.7. The number of fused-ring (bicyclic) bond motifs is 1. The Kier molecular flexibility index (Phi) is 4.79. The molecule has 1 heterocycles. The summed E-state index contributed by atoms with van der Waals surface area (Å²) in [5, 5.41) is 0. The predicted octanol–water partition coefficient (Wildman–Crippen LogP) is 1.22. The number of hydrogen-bond acceptors (Lipinski definition) is 6. The minimum atomic E-state index is -4.10. The van der Waals surface area contributed by atoms with Crippen molar-refractivity contribution in [2.24, 2.45) is 5.73 Å². The lowest BCUT2D eigenvalue weighted by molar-refractivity contribution is -0.124. The number of carbonyl (C=O) groups is 2. The smallest absolute Gasteiger partial charge is 0.337 e. The van der Waals surface area contributed by atoms with E-state index in [9.17, 15) is 18.0 Å². The molecule has 1 atom stereocenters. The fraction of sp³-hybridized carbons (Fsp3) is 0.222. The van der Waals surface area contributed by atoms with Crippen molar-refractivity contribution in [2.45, 2.75) is 17.9 Å². The number of hydrogen-bond donors (Lipinski definition) is 1. The summed E-state index contributed by atoms with van der Waals surface area (Å²) in [6, 6.07) is 10.7. The van der Waals surface area contributed by atoms with Crippen LogP contribution in [0.2, 0.25) is 0 Å². The molecule has 0 saturated carbocycles. The number of sulfonamides is 1. The van der Waals surface area contributed by atoms with Crippen molar-refractivity contribution in [1.82, 2.24) is 0 Å². The number of anilines is 1. The lowest BCUT2D eigenvalue weighted by Crippen LogP contribution is -2.49. The first kappa shape index (κ1) is 18.7. The van der Waals surface area contributed by atoms with Crippen LogP contribution in [0.25, 0.3) is 0 Å². The monoisotopic (exact) mass is 390 g/mol. The van der Waals surface area contributed by atoms with E-state index in [1.807, 2.05) is 0 Å². The Morgan fingerprint density at radius 3 is 2.59 bits per heavy atom. The molecule has 0 spiro atoms. The first-order valence-corrected chi connectivity index (χ1v) is 9.46. The highest BCUT2D eigenvalue weighted by Crippen LogP contribution is 2.37. The van der Waals surface area contributed by atoms with Crippen LogP contribution in [0.4, 0.5) is 5.69 Å². The van der Waals surface area contributed by atoms with Gasteiger partial charge in [-0.05, 0) is 36.8 Å². The number of para-hydroxylation sites is 2. The van der Waals surface area contributed by atoms with Crippen LogP contribution in [0.5, 0.6) is 5.75 Å². The highest BCUT2D eigenvalue weighted by molar-refractivity contribution is 7.93. The van der Waals surface area contributed by atoms with Gasteiger partial charge in [-0.2, -0.15) is 0 Å². The summed E-state index contributed by atoms with van der Waals surface area (Å²) in [5.74, 6) is -1.19. The van der Waals surface area contributed by atoms with Gasteiger partial charge in [0.2, 0.25) is 0 Å². The van der Waals surface area contributed by atoms with E-state index in [0.29, 0.717) is 5.56 Å². The van der Waals surface area contributed by atoms with Crippen LogP contribution in [0.3, 0.4) is 0 Å². The van der Waals surface area contributed by atoms with Crippen LogP contribution >= 0.6 is 0 Å². The van der Waals surface area contributed by atoms with Crippen LogP contribution in [0, 0.1) is 6.92 Å². The van der Waals surface area contributed by atoms with Crippen LogP contribution in [-0.2, 0) is 19.6 Å². The van der Waals surface area contributed by atoms with E-state index in [4.69, 9.17) is 10.5 Å². The minimum Gasteiger partial charge on any atom is -0.476 e. The zero-order chi connectivity index (χ0) is 19.8. The second-order valence-corrected chi connectivity index (χ2v) is 7.82. The van der Waals surface area contributed by atoms with E-state index < -0.39 is 28.0 Å². The fourth-order valence-electron chi connectivity index (χ4n) is 2.82. The molecule has 0 bridgehead atoms. The number of amides is 1. The van der Waals surface area contributed by atoms with Crippen molar-refractivity contribution in [3.05, 3.63) is 53.6 Å². The zero-order valence-corrected chi connectivity index (χ0v) is 15.5. The maximum absolute atomic E-state index is 13.4. The Bertz CT molecular complexity index is 1020. The number of primary amides is 1. The second kappa shape index (κ2) is 6.92. The molecule has 0 aliphatic carbocycles. The molecule has 27 heavy (non-hydrogen) atoms. The van der Waals surface area contributed by atoms with Crippen molar-refractivity contribution in [3.8, 4) is 5.75 Å². The number of methoxy groups -OCH3 is 1. The summed E-state index contributed by atoms with van der Waals surface area (Å²) in [5.41, 5.74) is 6.18. The van der Waals surface area contributed by atoms with Crippen LogP contribution in [-0.4, -0.2) is 40.1 Å². The molecule has 1 aliphatic rings. The van der Waals surface area contributed by atoms with Gasteiger partial charge in [-0.1, -0.05) is 18.2 Å². The lowest BCUT2D eigenvalue weighted by Gasteiger charge is -2.34. The van der Waals surface area contributed by atoms with Gasteiger partial charge in [0.1, 0.15) is 5.75 Å². The summed E-state index contributed by atoms with van der Waals surface area (Å²) in [6.45, 7) is 1.35. The molecule has 2 aromatic rings. The third kappa shape index (κ3) is 3.33. The summed E-state index contributed by atoms with van der Waals surface area (Å²) >= 11 is 0. The summed E-state index contributed by atoms with van der Waals surface area (Å²) in [4.78, 5) is 23.4. The highest BCUT2D eigenvalue weighted by Gasteiger charge is 2.37. The van der Waals surface area contributed by atoms with Crippen molar-refractivity contribution in [2.75, 3.05) is 18.0 Å². The number of esters is 1. The Morgan fingerprint density at radius 2 is 1.93 bits per heavy atom.